The van der Waals surface area contributed by atoms with Gasteiger partial charge in [-0.1, -0.05) is 18.2 Å². The predicted octanol–water partition coefficient (Wildman–Crippen LogP) is 2.42. The molecule has 2 rings (SSSR count). The number of nitrogens with zero attached hydrogens (tertiary/aromatic N) is 1. The molecule has 0 saturated heterocycles. The highest BCUT2D eigenvalue weighted by Gasteiger charge is 2.06. The Balaban J connectivity index is 0.000000190. The Morgan fingerprint density at radius 3 is 2.47 bits per heavy atom. The van der Waals surface area contributed by atoms with Crippen LogP contribution in [0.15, 0.2) is 36.5 Å². The lowest BCUT2D eigenvalue weighted by Gasteiger charge is -2.23. The van der Waals surface area contributed by atoms with E-state index in [0.717, 1.165) is 11.0 Å². The van der Waals surface area contributed by atoms with Crippen LogP contribution < -0.4 is 0 Å². The molecule has 0 saturated carbocycles. The van der Waals surface area contributed by atoms with Gasteiger partial charge in [0.2, 0.25) is 0 Å². The maximum atomic E-state index is 10.3. The van der Waals surface area contributed by atoms with Gasteiger partial charge in [0, 0.05) is 18.6 Å². The van der Waals surface area contributed by atoms with Crippen molar-refractivity contribution >= 4 is 16.9 Å². The highest BCUT2D eigenvalue weighted by atomic mass is 16.5. The van der Waals surface area contributed by atoms with E-state index >= 15 is 0 Å². The van der Waals surface area contributed by atoms with Crippen LogP contribution >= 0.6 is 0 Å². The van der Waals surface area contributed by atoms with Crippen molar-refractivity contribution in [3.05, 3.63) is 36.5 Å². The number of carbonyl (C=O) groups is 1. The van der Waals surface area contributed by atoms with Crippen LogP contribution in [-0.2, 0) is 9.53 Å². The van der Waals surface area contributed by atoms with Gasteiger partial charge < -0.3 is 14.2 Å². The number of para-hydroxylation sites is 1. The molecule has 0 aliphatic heterocycles. The molecule has 104 valence electrons. The number of nitrogens with one attached hydrogen (secondary N) is 1. The van der Waals surface area contributed by atoms with Gasteiger partial charge in [-0.2, -0.15) is 0 Å². The molecule has 2 aromatic rings. The third kappa shape index (κ3) is 6.62. The SMILES string of the molecule is CC(=O)OCC[N+](C)(C)C.c1ccc2[nH]ccc2c1. The number of esters is 1. The number of hydrogen-bond donors (Lipinski definition) is 1. The van der Waals surface area contributed by atoms with E-state index in [2.05, 4.69) is 44.3 Å². The van der Waals surface area contributed by atoms with Gasteiger partial charge >= 0.3 is 5.97 Å². The van der Waals surface area contributed by atoms with E-state index in [1.54, 1.807) is 0 Å². The van der Waals surface area contributed by atoms with Crippen molar-refractivity contribution in [3.63, 3.8) is 0 Å². The first-order chi connectivity index (χ1) is 8.88. The van der Waals surface area contributed by atoms with Crippen molar-refractivity contribution in [2.24, 2.45) is 0 Å². The van der Waals surface area contributed by atoms with Crippen molar-refractivity contribution in [2.75, 3.05) is 34.3 Å². The smallest absolute Gasteiger partial charge is 0.302 e. The summed E-state index contributed by atoms with van der Waals surface area (Å²) in [5, 5.41) is 1.28. The molecular formula is C15H23N2O2+. The van der Waals surface area contributed by atoms with Crippen LogP contribution in [0.3, 0.4) is 0 Å². The van der Waals surface area contributed by atoms with Gasteiger partial charge in [-0.25, -0.2) is 0 Å². The van der Waals surface area contributed by atoms with Gasteiger partial charge in [-0.3, -0.25) is 4.79 Å². The number of aromatic nitrogens is 1. The molecule has 1 heterocycles. The molecule has 0 amide bonds. The topological polar surface area (TPSA) is 42.1 Å². The van der Waals surface area contributed by atoms with Gasteiger partial charge in [0.1, 0.15) is 13.2 Å². The van der Waals surface area contributed by atoms with Crippen LogP contribution in [0.1, 0.15) is 6.92 Å². The number of carbonyl (C=O) groups excluding carboxylic acids is 1. The van der Waals surface area contributed by atoms with Crippen LogP contribution in [0.25, 0.3) is 10.9 Å². The third-order valence-electron chi connectivity index (χ3n) is 2.53. The number of fused-ring (bicyclic) bond motifs is 1. The molecule has 0 radical (unpaired) electrons. The van der Waals surface area contributed by atoms with Crippen molar-refractivity contribution in [2.45, 2.75) is 6.92 Å². The fourth-order valence-corrected chi connectivity index (χ4v) is 1.46. The summed E-state index contributed by atoms with van der Waals surface area (Å²) >= 11 is 0. The van der Waals surface area contributed by atoms with Gasteiger partial charge in [-0.05, 0) is 17.5 Å². The molecule has 19 heavy (non-hydrogen) atoms. The lowest BCUT2D eigenvalue weighted by molar-refractivity contribution is -0.870. The molecule has 1 N–H and O–H groups in total. The maximum absolute atomic E-state index is 10.3. The minimum Gasteiger partial charge on any atom is -0.460 e. The van der Waals surface area contributed by atoms with Crippen LogP contribution in [-0.4, -0.2) is 49.7 Å². The van der Waals surface area contributed by atoms with Crippen LogP contribution in [0.4, 0.5) is 0 Å². The summed E-state index contributed by atoms with van der Waals surface area (Å²) in [5.74, 6) is -0.201. The summed E-state index contributed by atoms with van der Waals surface area (Å²) in [6.07, 6.45) is 1.95. The monoisotopic (exact) mass is 263 g/mol. The van der Waals surface area contributed by atoms with E-state index in [-0.39, 0.29) is 5.97 Å². The minimum absolute atomic E-state index is 0.201. The van der Waals surface area contributed by atoms with E-state index in [0.29, 0.717) is 6.61 Å². The van der Waals surface area contributed by atoms with E-state index in [1.165, 1.54) is 17.8 Å². The van der Waals surface area contributed by atoms with Crippen molar-refractivity contribution in [3.8, 4) is 0 Å². The summed E-state index contributed by atoms with van der Waals surface area (Å²) in [6.45, 7) is 2.80. The van der Waals surface area contributed by atoms with Crippen LogP contribution in [0, 0.1) is 0 Å². The number of ether oxygens (including phenoxy) is 1. The molecule has 0 bridgehead atoms. The van der Waals surface area contributed by atoms with E-state index in [4.69, 9.17) is 4.74 Å². The largest absolute Gasteiger partial charge is 0.460 e. The molecule has 0 aliphatic carbocycles. The van der Waals surface area contributed by atoms with Gasteiger partial charge in [-0.15, -0.1) is 0 Å². The number of likely N-dealkylation sites (N-methyl/N-ethyl adjacent to an activating group) is 1. The maximum Gasteiger partial charge on any atom is 0.302 e. The first-order valence-electron chi connectivity index (χ1n) is 6.34. The number of benzene rings is 1. The highest BCUT2D eigenvalue weighted by molar-refractivity contribution is 5.78. The zero-order valence-corrected chi connectivity index (χ0v) is 12.1. The Labute approximate surface area is 114 Å². The molecule has 0 unspecified atom stereocenters. The molecule has 0 atom stereocenters. The molecular weight excluding hydrogens is 240 g/mol. The number of H-pyrrole nitrogens is 1. The molecule has 0 spiro atoms. The zero-order valence-electron chi connectivity index (χ0n) is 12.1. The van der Waals surface area contributed by atoms with Gasteiger partial charge in [0.25, 0.3) is 0 Å². The quantitative estimate of drug-likeness (QED) is 0.682. The van der Waals surface area contributed by atoms with Crippen molar-refractivity contribution in [1.82, 2.24) is 4.98 Å². The fourth-order valence-electron chi connectivity index (χ4n) is 1.46. The molecule has 0 fully saturated rings. The molecule has 1 aromatic heterocycles. The molecule has 0 aliphatic rings. The van der Waals surface area contributed by atoms with Crippen molar-refractivity contribution in [1.29, 1.82) is 0 Å². The van der Waals surface area contributed by atoms with Crippen LogP contribution in [0.5, 0.6) is 0 Å². The lowest BCUT2D eigenvalue weighted by Crippen LogP contribution is -2.37. The third-order valence-corrected chi connectivity index (χ3v) is 2.53. The number of quaternary nitrogens is 1. The number of rotatable bonds is 3. The summed E-state index contributed by atoms with van der Waals surface area (Å²) in [4.78, 5) is 13.4. The average Bonchev–Trinajstić information content (AvgIpc) is 2.75. The molecule has 4 nitrogen and oxygen atoms in total. The number of hydrogen-bond acceptors (Lipinski definition) is 2. The van der Waals surface area contributed by atoms with E-state index in [9.17, 15) is 4.79 Å². The summed E-state index contributed by atoms with van der Waals surface area (Å²) < 4.78 is 5.59. The highest BCUT2D eigenvalue weighted by Crippen LogP contribution is 2.09. The summed E-state index contributed by atoms with van der Waals surface area (Å²) in [7, 11) is 6.18. The van der Waals surface area contributed by atoms with Gasteiger partial charge in [0.15, 0.2) is 0 Å². The Hall–Kier alpha value is -1.81. The first kappa shape index (κ1) is 15.2. The summed E-state index contributed by atoms with van der Waals surface area (Å²) in [6, 6.07) is 10.3. The summed E-state index contributed by atoms with van der Waals surface area (Å²) in [5.41, 5.74) is 1.21. The first-order valence-corrected chi connectivity index (χ1v) is 6.34. The Morgan fingerprint density at radius 2 is 1.89 bits per heavy atom. The molecule has 4 heteroatoms. The van der Waals surface area contributed by atoms with E-state index < -0.39 is 0 Å². The Morgan fingerprint density at radius 1 is 1.21 bits per heavy atom. The predicted molar refractivity (Wildman–Crippen MR) is 77.8 cm³/mol. The number of aromatic amines is 1. The minimum atomic E-state index is -0.201. The van der Waals surface area contributed by atoms with Crippen molar-refractivity contribution < 1.29 is 14.0 Å². The Kier molecular flexibility index (Phi) is 5.57. The lowest BCUT2D eigenvalue weighted by atomic mass is 10.3. The molecule has 1 aromatic carbocycles. The van der Waals surface area contributed by atoms with Gasteiger partial charge in [0.05, 0.1) is 21.1 Å². The van der Waals surface area contributed by atoms with E-state index in [1.807, 2.05) is 18.3 Å². The normalized spacial score (nSPS) is 10.7. The second-order valence-corrected chi connectivity index (χ2v) is 5.42. The Bertz CT molecular complexity index is 482. The standard InChI is InChI=1S/C8H7N.C7H16NO2/c1-2-4-8-7(3-1)5-6-9-8;1-7(9)10-6-5-8(2,3)4/h1-6,9H;5-6H2,1-4H3/q;+1. The second-order valence-electron chi connectivity index (χ2n) is 5.42. The zero-order chi connectivity index (χ0) is 14.3. The fraction of sp³-hybridized carbons (Fsp3) is 0.400. The second kappa shape index (κ2) is 6.95. The average molecular weight is 263 g/mol. The van der Waals surface area contributed by atoms with Crippen LogP contribution in [0.2, 0.25) is 0 Å².